The van der Waals surface area contributed by atoms with E-state index in [1.807, 2.05) is 71.0 Å². The maximum Gasteiger partial charge on any atom is 0.255 e. The summed E-state index contributed by atoms with van der Waals surface area (Å²) < 4.78 is 14.6. The zero-order valence-corrected chi connectivity index (χ0v) is 25.7. The lowest BCUT2D eigenvalue weighted by Gasteiger charge is -2.29. The molecule has 2 N–H and O–H groups in total. The van der Waals surface area contributed by atoms with Crippen LogP contribution in [0.1, 0.15) is 64.6 Å². The van der Waals surface area contributed by atoms with Crippen LogP contribution in [-0.2, 0) is 4.79 Å². The molecule has 4 rings (SSSR count). The van der Waals surface area contributed by atoms with Crippen molar-refractivity contribution in [3.05, 3.63) is 63.3 Å². The molecule has 0 radical (unpaired) electrons. The largest absolute Gasteiger partial charge is 0.490 e. The Morgan fingerprint density at radius 2 is 2.03 bits per heavy atom. The first-order valence-corrected chi connectivity index (χ1v) is 15.1. The number of aryl methyl sites for hydroxylation is 1. The third-order valence-corrected chi connectivity index (χ3v) is 7.60. The fourth-order valence-corrected chi connectivity index (χ4v) is 5.85. The number of halogens is 1. The molecule has 2 aromatic carbocycles. The van der Waals surface area contributed by atoms with Crippen molar-refractivity contribution in [2.75, 3.05) is 23.0 Å². The first-order chi connectivity index (χ1) is 18.7. The van der Waals surface area contributed by atoms with Crippen LogP contribution >= 0.6 is 27.7 Å². The van der Waals surface area contributed by atoms with E-state index < -0.39 is 6.04 Å². The Balaban J connectivity index is 1.82. The number of unbranched alkanes of at least 4 members (excludes halogenated alkanes) is 1. The molecule has 1 atom stereocenters. The van der Waals surface area contributed by atoms with E-state index in [-0.39, 0.29) is 12.0 Å². The van der Waals surface area contributed by atoms with Gasteiger partial charge in [0.05, 0.1) is 22.8 Å². The van der Waals surface area contributed by atoms with Gasteiger partial charge in [-0.2, -0.15) is 4.98 Å². The van der Waals surface area contributed by atoms with Gasteiger partial charge in [0.15, 0.2) is 11.5 Å². The molecule has 1 aromatic heterocycles. The number of rotatable bonds is 11. The normalized spacial score (nSPS) is 14.7. The van der Waals surface area contributed by atoms with Gasteiger partial charge in [0.1, 0.15) is 6.04 Å². The smallest absolute Gasteiger partial charge is 0.255 e. The first kappa shape index (κ1) is 29.0. The Kier molecular flexibility index (Phi) is 9.61. The number of allylic oxidation sites excluding steroid dienone is 1. The van der Waals surface area contributed by atoms with E-state index in [9.17, 15) is 4.79 Å². The first-order valence-electron chi connectivity index (χ1n) is 13.3. The van der Waals surface area contributed by atoms with Crippen LogP contribution < -0.4 is 20.1 Å². The van der Waals surface area contributed by atoms with Gasteiger partial charge in [-0.3, -0.25) is 4.79 Å². The molecular formula is C29H36BrN5O3S. The summed E-state index contributed by atoms with van der Waals surface area (Å²) in [5, 5.41) is 11.9. The van der Waals surface area contributed by atoms with E-state index in [1.54, 1.807) is 16.4 Å². The number of aromatic nitrogens is 3. The number of hydrogen-bond donors (Lipinski definition) is 2. The minimum atomic E-state index is -0.539. The molecule has 0 saturated heterocycles. The third kappa shape index (κ3) is 6.78. The summed E-state index contributed by atoms with van der Waals surface area (Å²) in [6.07, 6.45) is 2.15. The Morgan fingerprint density at radius 3 is 2.72 bits per heavy atom. The number of hydrogen-bond acceptors (Lipinski definition) is 7. The molecule has 0 bridgehead atoms. The molecule has 208 valence electrons. The van der Waals surface area contributed by atoms with Crippen LogP contribution in [-0.4, -0.2) is 39.1 Å². The van der Waals surface area contributed by atoms with Gasteiger partial charge in [-0.25, -0.2) is 4.68 Å². The second-order valence-corrected chi connectivity index (χ2v) is 11.6. The van der Waals surface area contributed by atoms with Crippen molar-refractivity contribution in [2.45, 2.75) is 71.7 Å². The number of thioether (sulfide) groups is 1. The topological polar surface area (TPSA) is 90.3 Å². The minimum Gasteiger partial charge on any atom is -0.490 e. The van der Waals surface area contributed by atoms with E-state index in [0.29, 0.717) is 40.5 Å². The average Bonchev–Trinajstić information content (AvgIpc) is 3.27. The lowest BCUT2D eigenvalue weighted by atomic mass is 9.94. The zero-order valence-electron chi connectivity index (χ0n) is 23.3. The van der Waals surface area contributed by atoms with Crippen LogP contribution in [0.3, 0.4) is 0 Å². The third-order valence-electron chi connectivity index (χ3n) is 6.08. The minimum absolute atomic E-state index is 0.0346. The van der Waals surface area contributed by atoms with Gasteiger partial charge in [-0.05, 0) is 92.4 Å². The van der Waals surface area contributed by atoms with Gasteiger partial charge >= 0.3 is 0 Å². The number of fused-ring (bicyclic) bond motifs is 1. The second-order valence-electron chi connectivity index (χ2n) is 9.68. The van der Waals surface area contributed by atoms with Crippen LogP contribution in [0, 0.1) is 6.92 Å². The predicted octanol–water partition coefficient (Wildman–Crippen LogP) is 7.35. The molecule has 8 nitrogen and oxygen atoms in total. The highest BCUT2D eigenvalue weighted by atomic mass is 79.9. The Bertz CT molecular complexity index is 1370. The highest BCUT2D eigenvalue weighted by Gasteiger charge is 2.35. The highest BCUT2D eigenvalue weighted by molar-refractivity contribution is 9.10. The van der Waals surface area contributed by atoms with Crippen LogP contribution in [0.25, 0.3) is 0 Å². The van der Waals surface area contributed by atoms with Crippen molar-refractivity contribution in [1.82, 2.24) is 14.8 Å². The van der Waals surface area contributed by atoms with E-state index in [2.05, 4.69) is 33.5 Å². The highest BCUT2D eigenvalue weighted by Crippen LogP contribution is 2.43. The Labute approximate surface area is 243 Å². The van der Waals surface area contributed by atoms with E-state index in [0.717, 1.165) is 39.9 Å². The van der Waals surface area contributed by atoms with Gasteiger partial charge < -0.3 is 20.1 Å². The van der Waals surface area contributed by atoms with Gasteiger partial charge in [0.2, 0.25) is 11.1 Å². The van der Waals surface area contributed by atoms with Crippen LogP contribution in [0.4, 0.5) is 11.6 Å². The van der Waals surface area contributed by atoms with E-state index in [4.69, 9.17) is 19.6 Å². The fourth-order valence-electron chi connectivity index (χ4n) is 4.38. The van der Waals surface area contributed by atoms with Crippen molar-refractivity contribution < 1.29 is 14.3 Å². The van der Waals surface area contributed by atoms with Gasteiger partial charge in [-0.1, -0.05) is 37.2 Å². The SMILES string of the molecule is CCCCSc1nc2n(n1)C(c1cc(Br)c(OC(C)C)c(OCC)c1)C(C(=O)Nc1cccc(C)c1)=C(C)N2. The summed E-state index contributed by atoms with van der Waals surface area (Å²) in [5.41, 5.74) is 3.89. The molecule has 1 aliphatic rings. The summed E-state index contributed by atoms with van der Waals surface area (Å²) in [6.45, 7) is 12.4. The second kappa shape index (κ2) is 12.9. The van der Waals surface area contributed by atoms with Crippen molar-refractivity contribution in [3.8, 4) is 11.5 Å². The standard InChI is InChI=1S/C29H36BrN5O3S/c1-7-9-13-39-29-33-28-31-19(6)24(27(36)32-21-12-10-11-18(5)14-21)25(35(28)34-29)20-15-22(30)26(38-17(3)4)23(16-20)37-8-2/h10-12,14-17,25H,7-9,13H2,1-6H3,(H,32,36)(H,31,33,34). The summed E-state index contributed by atoms with van der Waals surface area (Å²) in [7, 11) is 0. The maximum atomic E-state index is 13.9. The van der Waals surface area contributed by atoms with Gasteiger partial charge in [-0.15, -0.1) is 5.10 Å². The van der Waals surface area contributed by atoms with Crippen molar-refractivity contribution >= 4 is 45.2 Å². The molecule has 0 saturated carbocycles. The van der Waals surface area contributed by atoms with Gasteiger partial charge in [0.25, 0.3) is 5.91 Å². The van der Waals surface area contributed by atoms with Crippen LogP contribution in [0.5, 0.6) is 11.5 Å². The molecule has 3 aromatic rings. The molecule has 39 heavy (non-hydrogen) atoms. The quantitative estimate of drug-likeness (QED) is 0.172. The van der Waals surface area contributed by atoms with E-state index >= 15 is 0 Å². The molecule has 0 aliphatic carbocycles. The maximum absolute atomic E-state index is 13.9. The number of nitrogens with one attached hydrogen (secondary N) is 2. The Morgan fingerprint density at radius 1 is 1.23 bits per heavy atom. The molecule has 0 fully saturated rings. The number of nitrogens with zero attached hydrogens (tertiary/aromatic N) is 3. The predicted molar refractivity (Wildman–Crippen MR) is 161 cm³/mol. The molecule has 1 aliphatic heterocycles. The number of carbonyl (C=O) groups excluding carboxylic acids is 1. The van der Waals surface area contributed by atoms with Crippen molar-refractivity contribution in [2.24, 2.45) is 0 Å². The average molecular weight is 615 g/mol. The number of carbonyl (C=O) groups is 1. The lowest BCUT2D eigenvalue weighted by molar-refractivity contribution is -0.113. The van der Waals surface area contributed by atoms with Gasteiger partial charge in [0, 0.05) is 17.1 Å². The molecule has 2 heterocycles. The Hall–Kier alpha value is -2.98. The zero-order chi connectivity index (χ0) is 28.1. The summed E-state index contributed by atoms with van der Waals surface area (Å²) in [4.78, 5) is 18.6. The summed E-state index contributed by atoms with van der Waals surface area (Å²) in [5.74, 6) is 2.54. The summed E-state index contributed by atoms with van der Waals surface area (Å²) in [6, 6.07) is 11.1. The van der Waals surface area contributed by atoms with Crippen molar-refractivity contribution in [1.29, 1.82) is 0 Å². The number of ether oxygens (including phenoxy) is 2. The van der Waals surface area contributed by atoms with E-state index in [1.165, 1.54) is 0 Å². The monoisotopic (exact) mass is 613 g/mol. The fraction of sp³-hybridized carbons (Fsp3) is 0.414. The number of anilines is 2. The number of benzene rings is 2. The number of amides is 1. The van der Waals surface area contributed by atoms with Crippen molar-refractivity contribution in [3.63, 3.8) is 0 Å². The summed E-state index contributed by atoms with van der Waals surface area (Å²) >= 11 is 5.32. The lowest BCUT2D eigenvalue weighted by Crippen LogP contribution is -2.31. The molecule has 0 spiro atoms. The van der Waals surface area contributed by atoms with Crippen LogP contribution in [0.15, 0.2) is 57.3 Å². The molecule has 10 heteroatoms. The molecular weight excluding hydrogens is 578 g/mol. The molecule has 1 amide bonds. The van der Waals surface area contributed by atoms with Crippen LogP contribution in [0.2, 0.25) is 0 Å². The molecule has 1 unspecified atom stereocenters.